The van der Waals surface area contributed by atoms with Gasteiger partial charge >= 0.3 is 6.03 Å². The fraction of sp³-hybridized carbons (Fsp3) is 0.364. The van der Waals surface area contributed by atoms with Gasteiger partial charge in [0.25, 0.3) is 5.91 Å². The molecule has 1 atom stereocenters. The maximum absolute atomic E-state index is 12.8. The van der Waals surface area contributed by atoms with Gasteiger partial charge in [-0.1, -0.05) is 51.1 Å². The van der Waals surface area contributed by atoms with Crippen molar-refractivity contribution >= 4 is 17.6 Å². The minimum atomic E-state index is -0.106. The van der Waals surface area contributed by atoms with Gasteiger partial charge in [-0.15, -0.1) is 0 Å². The summed E-state index contributed by atoms with van der Waals surface area (Å²) in [6.07, 6.45) is 0.842. The SMILES string of the molecule is CC(C)(C)CC(NC(=O)c1ccc(N2CCNC2=O)cc1)c1ccccc1. The van der Waals surface area contributed by atoms with Crippen LogP contribution in [0.3, 0.4) is 0 Å². The number of benzene rings is 2. The first-order valence-corrected chi connectivity index (χ1v) is 9.35. The van der Waals surface area contributed by atoms with Gasteiger partial charge in [-0.2, -0.15) is 0 Å². The highest BCUT2D eigenvalue weighted by Crippen LogP contribution is 2.29. The lowest BCUT2D eigenvalue weighted by Gasteiger charge is -2.27. The molecule has 1 fully saturated rings. The molecule has 5 nitrogen and oxygen atoms in total. The number of carbonyl (C=O) groups excluding carboxylic acids is 2. The Morgan fingerprint density at radius 2 is 1.78 bits per heavy atom. The molecule has 0 saturated carbocycles. The molecule has 142 valence electrons. The van der Waals surface area contributed by atoms with Gasteiger partial charge in [0.15, 0.2) is 0 Å². The number of nitrogens with one attached hydrogen (secondary N) is 2. The standard InChI is InChI=1S/C22H27N3O2/c1-22(2,3)15-19(16-7-5-4-6-8-16)24-20(26)17-9-11-18(12-10-17)25-14-13-23-21(25)27/h4-12,19H,13-15H2,1-3H3,(H,23,27)(H,24,26). The third kappa shape index (κ3) is 4.88. The zero-order valence-corrected chi connectivity index (χ0v) is 16.2. The minimum Gasteiger partial charge on any atom is -0.345 e. The van der Waals surface area contributed by atoms with Crippen molar-refractivity contribution in [3.8, 4) is 0 Å². The second-order valence-corrected chi connectivity index (χ2v) is 8.13. The number of amides is 3. The Hall–Kier alpha value is -2.82. The highest BCUT2D eigenvalue weighted by molar-refractivity contribution is 5.97. The lowest BCUT2D eigenvalue weighted by atomic mass is 9.85. The Morgan fingerprint density at radius 3 is 2.33 bits per heavy atom. The van der Waals surface area contributed by atoms with E-state index < -0.39 is 0 Å². The molecule has 2 N–H and O–H groups in total. The topological polar surface area (TPSA) is 61.4 Å². The van der Waals surface area contributed by atoms with Crippen molar-refractivity contribution in [1.29, 1.82) is 0 Å². The van der Waals surface area contributed by atoms with Crippen LogP contribution in [0.1, 0.15) is 49.2 Å². The van der Waals surface area contributed by atoms with Crippen molar-refractivity contribution in [2.75, 3.05) is 18.0 Å². The van der Waals surface area contributed by atoms with Gasteiger partial charge in [0.1, 0.15) is 0 Å². The maximum atomic E-state index is 12.8. The Bertz CT molecular complexity index is 795. The maximum Gasteiger partial charge on any atom is 0.321 e. The summed E-state index contributed by atoms with van der Waals surface area (Å²) in [6, 6.07) is 17.1. The van der Waals surface area contributed by atoms with E-state index >= 15 is 0 Å². The first-order chi connectivity index (χ1) is 12.8. The Labute approximate surface area is 160 Å². The molecule has 2 aromatic carbocycles. The third-order valence-electron chi connectivity index (χ3n) is 4.62. The van der Waals surface area contributed by atoms with E-state index in [9.17, 15) is 9.59 Å². The lowest BCUT2D eigenvalue weighted by molar-refractivity contribution is 0.0926. The van der Waals surface area contributed by atoms with Crippen LogP contribution in [0.5, 0.6) is 0 Å². The Balaban J connectivity index is 1.74. The molecular weight excluding hydrogens is 338 g/mol. The van der Waals surface area contributed by atoms with Crippen molar-refractivity contribution in [2.24, 2.45) is 5.41 Å². The zero-order chi connectivity index (χ0) is 19.4. The van der Waals surface area contributed by atoms with E-state index in [4.69, 9.17) is 0 Å². The molecular formula is C22H27N3O2. The highest BCUT2D eigenvalue weighted by atomic mass is 16.2. The molecule has 1 heterocycles. The molecule has 1 aliphatic rings. The van der Waals surface area contributed by atoms with E-state index in [-0.39, 0.29) is 23.4 Å². The molecule has 1 saturated heterocycles. The smallest absolute Gasteiger partial charge is 0.321 e. The van der Waals surface area contributed by atoms with E-state index in [0.29, 0.717) is 18.7 Å². The normalized spacial score (nSPS) is 15.4. The summed E-state index contributed by atoms with van der Waals surface area (Å²) < 4.78 is 0. The largest absolute Gasteiger partial charge is 0.345 e. The average Bonchev–Trinajstić information content (AvgIpc) is 3.07. The van der Waals surface area contributed by atoms with Crippen LogP contribution in [0.15, 0.2) is 54.6 Å². The number of anilines is 1. The summed E-state index contributed by atoms with van der Waals surface area (Å²) in [4.78, 5) is 26.2. The molecule has 27 heavy (non-hydrogen) atoms. The van der Waals surface area contributed by atoms with Crippen LogP contribution in [0.2, 0.25) is 0 Å². The molecule has 0 radical (unpaired) electrons. The van der Waals surface area contributed by atoms with Gasteiger partial charge in [-0.25, -0.2) is 4.79 Å². The lowest BCUT2D eigenvalue weighted by Crippen LogP contribution is -2.31. The summed E-state index contributed by atoms with van der Waals surface area (Å²) in [6.45, 7) is 7.81. The van der Waals surface area contributed by atoms with Gasteiger partial charge in [0.05, 0.1) is 6.04 Å². The van der Waals surface area contributed by atoms with Crippen molar-refractivity contribution < 1.29 is 9.59 Å². The number of hydrogen-bond acceptors (Lipinski definition) is 2. The van der Waals surface area contributed by atoms with Gasteiger partial charge in [-0.05, 0) is 41.7 Å². The third-order valence-corrected chi connectivity index (χ3v) is 4.62. The summed E-state index contributed by atoms with van der Waals surface area (Å²) in [5, 5.41) is 5.95. The molecule has 0 aliphatic carbocycles. The summed E-state index contributed by atoms with van der Waals surface area (Å²) in [5.74, 6) is -0.106. The molecule has 3 rings (SSSR count). The molecule has 0 aromatic heterocycles. The second-order valence-electron chi connectivity index (χ2n) is 8.13. The van der Waals surface area contributed by atoms with E-state index in [1.807, 2.05) is 42.5 Å². The quantitative estimate of drug-likeness (QED) is 0.837. The van der Waals surface area contributed by atoms with Crippen LogP contribution in [0, 0.1) is 5.41 Å². The number of carbonyl (C=O) groups is 2. The van der Waals surface area contributed by atoms with Crippen LogP contribution < -0.4 is 15.5 Å². The Kier molecular flexibility index (Phi) is 5.49. The van der Waals surface area contributed by atoms with E-state index in [1.165, 1.54) is 0 Å². The summed E-state index contributed by atoms with van der Waals surface area (Å²) in [5.41, 5.74) is 2.58. The van der Waals surface area contributed by atoms with Crippen LogP contribution in [-0.2, 0) is 0 Å². The van der Waals surface area contributed by atoms with Crippen molar-refractivity contribution in [3.63, 3.8) is 0 Å². The molecule has 0 spiro atoms. The van der Waals surface area contributed by atoms with Crippen LogP contribution >= 0.6 is 0 Å². The molecule has 1 unspecified atom stereocenters. The van der Waals surface area contributed by atoms with E-state index in [0.717, 1.165) is 17.7 Å². The molecule has 3 amide bonds. The van der Waals surface area contributed by atoms with Gasteiger partial charge in [0, 0.05) is 24.3 Å². The number of urea groups is 1. The minimum absolute atomic E-state index is 0.0530. The highest BCUT2D eigenvalue weighted by Gasteiger charge is 2.23. The molecule has 0 bridgehead atoms. The fourth-order valence-electron chi connectivity index (χ4n) is 3.30. The van der Waals surface area contributed by atoms with Crippen LogP contribution in [-0.4, -0.2) is 25.0 Å². The molecule has 2 aromatic rings. The van der Waals surface area contributed by atoms with Crippen LogP contribution in [0.25, 0.3) is 0 Å². The fourth-order valence-corrected chi connectivity index (χ4v) is 3.30. The average molecular weight is 365 g/mol. The predicted molar refractivity (Wildman–Crippen MR) is 108 cm³/mol. The monoisotopic (exact) mass is 365 g/mol. The molecule has 5 heteroatoms. The number of nitrogens with zero attached hydrogens (tertiary/aromatic N) is 1. The summed E-state index contributed by atoms with van der Waals surface area (Å²) >= 11 is 0. The Morgan fingerprint density at radius 1 is 1.11 bits per heavy atom. The zero-order valence-electron chi connectivity index (χ0n) is 16.2. The van der Waals surface area contributed by atoms with Crippen molar-refractivity contribution in [2.45, 2.75) is 33.2 Å². The first-order valence-electron chi connectivity index (χ1n) is 9.35. The number of rotatable bonds is 5. The van der Waals surface area contributed by atoms with Gasteiger partial charge in [-0.3, -0.25) is 9.69 Å². The van der Waals surface area contributed by atoms with E-state index in [1.54, 1.807) is 17.0 Å². The van der Waals surface area contributed by atoms with Crippen molar-refractivity contribution in [1.82, 2.24) is 10.6 Å². The van der Waals surface area contributed by atoms with Gasteiger partial charge < -0.3 is 10.6 Å². The van der Waals surface area contributed by atoms with Crippen molar-refractivity contribution in [3.05, 3.63) is 65.7 Å². The molecule has 1 aliphatic heterocycles. The van der Waals surface area contributed by atoms with Gasteiger partial charge in [0.2, 0.25) is 0 Å². The predicted octanol–water partition coefficient (Wildman–Crippen LogP) is 4.12. The summed E-state index contributed by atoms with van der Waals surface area (Å²) in [7, 11) is 0. The second kappa shape index (κ2) is 7.82. The first kappa shape index (κ1) is 19.0. The van der Waals surface area contributed by atoms with Crippen LogP contribution in [0.4, 0.5) is 10.5 Å². The van der Waals surface area contributed by atoms with E-state index in [2.05, 4.69) is 31.4 Å². The number of hydrogen-bond donors (Lipinski definition) is 2.